The Labute approximate surface area is 167 Å². The predicted molar refractivity (Wildman–Crippen MR) is 81.7 cm³/mol. The number of rotatable bonds is 4. The van der Waals surface area contributed by atoms with E-state index in [2.05, 4.69) is 9.82 Å². The standard InChI is InChI=1S/C11H9Cl2F2N4O3S.Na/c1-5-16-19(11(20)18(5)10(14)15)9-4-8(17-23(2,21)22)6(12)3-7(9)13;/h3-4,10H,1-2H3;/q-1;+1. The van der Waals surface area contributed by atoms with Crippen LogP contribution in [0.1, 0.15) is 12.4 Å². The smallest absolute Gasteiger partial charge is 0.576 e. The summed E-state index contributed by atoms with van der Waals surface area (Å²) in [7, 11) is -3.77. The van der Waals surface area contributed by atoms with Gasteiger partial charge < -0.3 is 4.72 Å². The molecular weight excluding hydrogens is 400 g/mol. The summed E-state index contributed by atoms with van der Waals surface area (Å²) in [6.45, 7) is -1.86. The van der Waals surface area contributed by atoms with Gasteiger partial charge in [-0.25, -0.2) is 17.8 Å². The van der Waals surface area contributed by atoms with E-state index in [0.29, 0.717) is 4.68 Å². The molecule has 0 atom stereocenters. The van der Waals surface area contributed by atoms with Crippen molar-refractivity contribution in [2.45, 2.75) is 13.5 Å². The van der Waals surface area contributed by atoms with Crippen molar-refractivity contribution in [3.8, 4) is 5.69 Å². The number of nitrogens with zero attached hydrogens (tertiary/aromatic N) is 4. The van der Waals surface area contributed by atoms with Gasteiger partial charge in [0.25, 0.3) is 0 Å². The number of sulfonamides is 1. The summed E-state index contributed by atoms with van der Waals surface area (Å²) in [4.78, 5) is 12.0. The molecule has 0 aliphatic rings. The third-order valence-corrected chi connectivity index (χ3v) is 3.82. The van der Waals surface area contributed by atoms with Gasteiger partial charge in [0.1, 0.15) is 5.82 Å². The number of benzene rings is 1. The van der Waals surface area contributed by atoms with Gasteiger partial charge in [-0.1, -0.05) is 23.2 Å². The second-order valence-corrected chi connectivity index (χ2v) is 6.93. The summed E-state index contributed by atoms with van der Waals surface area (Å²) in [5.74, 6) is -0.238. The van der Waals surface area contributed by atoms with Crippen molar-refractivity contribution in [3.05, 3.63) is 43.2 Å². The Morgan fingerprint density at radius 3 is 2.29 bits per heavy atom. The summed E-state index contributed by atoms with van der Waals surface area (Å²) in [6, 6.07) is 2.22. The SMILES string of the molecule is Cc1nn(-c2cc([N-]S(C)(=O)=O)c(Cl)cc2Cl)c(=O)n1C(F)F.[Na+]. The fourth-order valence-electron chi connectivity index (χ4n) is 1.80. The van der Waals surface area contributed by atoms with Crippen molar-refractivity contribution >= 4 is 38.9 Å². The maximum Gasteiger partial charge on any atom is 1.00 e. The molecule has 0 saturated carbocycles. The monoisotopic (exact) mass is 408 g/mol. The molecule has 0 unspecified atom stereocenters. The Morgan fingerprint density at radius 1 is 1.25 bits per heavy atom. The Kier molecular flexibility index (Phi) is 6.87. The molecule has 13 heteroatoms. The van der Waals surface area contributed by atoms with Crippen molar-refractivity contribution < 1.29 is 46.8 Å². The maximum absolute atomic E-state index is 12.8. The average Bonchev–Trinajstić information content (AvgIpc) is 2.66. The van der Waals surface area contributed by atoms with Gasteiger partial charge in [-0.15, -0.1) is 10.8 Å². The van der Waals surface area contributed by atoms with Gasteiger partial charge in [0.15, 0.2) is 0 Å². The number of hydrogen-bond acceptors (Lipinski definition) is 4. The zero-order valence-corrected chi connectivity index (χ0v) is 17.0. The fraction of sp³-hybridized carbons (Fsp3) is 0.273. The fourth-order valence-corrected chi connectivity index (χ4v) is 2.86. The quantitative estimate of drug-likeness (QED) is 0.666. The third kappa shape index (κ3) is 4.50. The second kappa shape index (κ2) is 7.71. The van der Waals surface area contributed by atoms with Crippen LogP contribution in [0.15, 0.2) is 16.9 Å². The van der Waals surface area contributed by atoms with Gasteiger partial charge in [0, 0.05) is 11.3 Å². The van der Waals surface area contributed by atoms with Crippen LogP contribution >= 0.6 is 23.2 Å². The van der Waals surface area contributed by atoms with E-state index >= 15 is 0 Å². The summed E-state index contributed by atoms with van der Waals surface area (Å²) in [6.07, 6.45) is 0.847. The molecule has 0 saturated heterocycles. The summed E-state index contributed by atoms with van der Waals surface area (Å²) >= 11 is 11.8. The number of hydrogen-bond donors (Lipinski definition) is 0. The van der Waals surface area contributed by atoms with Crippen LogP contribution in [-0.2, 0) is 10.0 Å². The maximum atomic E-state index is 12.8. The van der Waals surface area contributed by atoms with Crippen molar-refractivity contribution in [3.63, 3.8) is 0 Å². The van der Waals surface area contributed by atoms with Crippen LogP contribution in [0.5, 0.6) is 0 Å². The molecule has 0 amide bonds. The summed E-state index contributed by atoms with van der Waals surface area (Å²) in [5.41, 5.74) is -1.44. The molecule has 0 fully saturated rings. The molecule has 24 heavy (non-hydrogen) atoms. The molecule has 7 nitrogen and oxygen atoms in total. The molecule has 126 valence electrons. The molecule has 0 radical (unpaired) electrons. The Hall–Kier alpha value is -0.650. The van der Waals surface area contributed by atoms with E-state index in [1.54, 1.807) is 0 Å². The molecular formula is C11H9Cl2F2N4NaO3S. The van der Waals surface area contributed by atoms with Gasteiger partial charge in [-0.3, -0.25) is 0 Å². The summed E-state index contributed by atoms with van der Waals surface area (Å²) < 4.78 is 52.4. The minimum absolute atomic E-state index is 0. The van der Waals surface area contributed by atoms with Gasteiger partial charge in [-0.05, 0) is 19.1 Å². The minimum Gasteiger partial charge on any atom is -0.576 e. The zero-order chi connectivity index (χ0) is 17.5. The van der Waals surface area contributed by atoms with Crippen molar-refractivity contribution in [1.82, 2.24) is 14.3 Å². The van der Waals surface area contributed by atoms with E-state index in [0.717, 1.165) is 18.4 Å². The van der Waals surface area contributed by atoms with E-state index in [-0.39, 0.29) is 61.4 Å². The first-order chi connectivity index (χ1) is 10.5. The van der Waals surface area contributed by atoms with Crippen LogP contribution in [-0.4, -0.2) is 29.0 Å². The van der Waals surface area contributed by atoms with Gasteiger partial charge >= 0.3 is 41.8 Å². The third-order valence-electron chi connectivity index (χ3n) is 2.68. The van der Waals surface area contributed by atoms with Crippen LogP contribution in [0.25, 0.3) is 10.4 Å². The van der Waals surface area contributed by atoms with Gasteiger partial charge in [0.2, 0.25) is 0 Å². The molecule has 1 heterocycles. The number of halogens is 4. The van der Waals surface area contributed by atoms with Crippen LogP contribution < -0.4 is 35.2 Å². The number of aromatic nitrogens is 3. The molecule has 1 aromatic carbocycles. The second-order valence-electron chi connectivity index (χ2n) is 4.47. The number of alkyl halides is 2. The zero-order valence-electron chi connectivity index (χ0n) is 12.7. The normalized spacial score (nSPS) is 11.5. The molecule has 0 aliphatic heterocycles. The van der Waals surface area contributed by atoms with Crippen LogP contribution in [0.2, 0.25) is 10.0 Å². The van der Waals surface area contributed by atoms with Gasteiger partial charge in [0.05, 0.1) is 20.7 Å². The average molecular weight is 409 g/mol. The van der Waals surface area contributed by atoms with Crippen LogP contribution in [0.4, 0.5) is 14.5 Å². The minimum atomic E-state index is -3.77. The Morgan fingerprint density at radius 2 is 1.83 bits per heavy atom. The largest absolute Gasteiger partial charge is 1.00 e. The van der Waals surface area contributed by atoms with E-state index < -0.39 is 22.3 Å². The molecule has 2 rings (SSSR count). The molecule has 0 aliphatic carbocycles. The molecule has 0 spiro atoms. The first-order valence-electron chi connectivity index (χ1n) is 5.90. The molecule has 0 bridgehead atoms. The van der Waals surface area contributed by atoms with E-state index in [9.17, 15) is 22.0 Å². The Bertz CT molecular complexity index is 930. The van der Waals surface area contributed by atoms with Gasteiger partial charge in [-0.2, -0.15) is 13.5 Å². The van der Waals surface area contributed by atoms with E-state index in [1.165, 1.54) is 6.92 Å². The molecule has 1 aromatic heterocycles. The van der Waals surface area contributed by atoms with Crippen molar-refractivity contribution in [1.29, 1.82) is 0 Å². The predicted octanol–water partition coefficient (Wildman–Crippen LogP) is 0.0131. The number of aryl methyl sites for hydroxylation is 1. The van der Waals surface area contributed by atoms with E-state index in [1.807, 2.05) is 0 Å². The summed E-state index contributed by atoms with van der Waals surface area (Å²) in [5, 5.41) is 3.54. The Balaban J connectivity index is 0.00000288. The van der Waals surface area contributed by atoms with Crippen molar-refractivity contribution in [2.75, 3.05) is 6.26 Å². The first kappa shape index (κ1) is 21.4. The molecule has 2 aromatic rings. The topological polar surface area (TPSA) is 88.1 Å². The van der Waals surface area contributed by atoms with Crippen molar-refractivity contribution in [2.24, 2.45) is 0 Å². The first-order valence-corrected chi connectivity index (χ1v) is 8.50. The molecule has 0 N–H and O–H groups in total. The van der Waals surface area contributed by atoms with Crippen LogP contribution in [0, 0.1) is 6.92 Å². The van der Waals surface area contributed by atoms with E-state index in [4.69, 9.17) is 23.2 Å². The van der Waals surface area contributed by atoms with Crippen LogP contribution in [0.3, 0.4) is 0 Å².